The highest BCUT2D eigenvalue weighted by atomic mass is 16.6. The highest BCUT2D eigenvalue weighted by molar-refractivity contribution is 5.52. The Morgan fingerprint density at radius 3 is 2.86 bits per heavy atom. The first kappa shape index (κ1) is 13.1. The third-order valence-corrected chi connectivity index (χ3v) is 3.69. The van der Waals surface area contributed by atoms with E-state index in [2.05, 4.69) is 12.1 Å². The fourth-order valence-electron chi connectivity index (χ4n) is 2.55. The molecule has 5 heteroatoms. The van der Waals surface area contributed by atoms with Gasteiger partial charge in [-0.05, 0) is 29.7 Å². The van der Waals surface area contributed by atoms with Crippen LogP contribution in [0.5, 0.6) is 5.75 Å². The quantitative estimate of drug-likeness (QED) is 0.636. The maximum absolute atomic E-state index is 11.0. The summed E-state index contributed by atoms with van der Waals surface area (Å²) >= 11 is 0. The van der Waals surface area contributed by atoms with Crippen LogP contribution in [-0.4, -0.2) is 11.5 Å². The Kier molecular flexibility index (Phi) is 3.28. The number of fused-ring (bicyclic) bond motifs is 1. The van der Waals surface area contributed by atoms with Crippen LogP contribution < -0.4 is 4.74 Å². The van der Waals surface area contributed by atoms with Crippen LogP contribution in [0.3, 0.4) is 0 Å². The molecule has 5 nitrogen and oxygen atoms in total. The van der Waals surface area contributed by atoms with Crippen molar-refractivity contribution in [1.82, 2.24) is 0 Å². The van der Waals surface area contributed by atoms with Crippen molar-refractivity contribution in [3.8, 4) is 11.8 Å². The second-order valence-electron chi connectivity index (χ2n) is 4.96. The van der Waals surface area contributed by atoms with Gasteiger partial charge in [0, 0.05) is 12.0 Å². The van der Waals surface area contributed by atoms with E-state index in [1.54, 1.807) is 0 Å². The average molecular weight is 280 g/mol. The second kappa shape index (κ2) is 5.25. The molecule has 1 aliphatic carbocycles. The first-order valence-electron chi connectivity index (χ1n) is 6.58. The molecule has 0 radical (unpaired) electrons. The summed E-state index contributed by atoms with van der Waals surface area (Å²) in [6.45, 7) is 0.407. The fourth-order valence-corrected chi connectivity index (χ4v) is 2.55. The van der Waals surface area contributed by atoms with E-state index in [-0.39, 0.29) is 22.9 Å². The van der Waals surface area contributed by atoms with Crippen molar-refractivity contribution < 1.29 is 9.66 Å². The Morgan fingerprint density at radius 2 is 2.14 bits per heavy atom. The molecular formula is C16H12N2O3. The number of benzene rings is 2. The normalized spacial score (nSPS) is 15.5. The number of ether oxygens (including phenoxy) is 1. The minimum absolute atomic E-state index is 0.165. The minimum atomic E-state index is -0.523. The minimum Gasteiger partial charge on any atom is -0.486 e. The Bertz CT molecular complexity index is 749. The molecule has 0 amide bonds. The van der Waals surface area contributed by atoms with Crippen LogP contribution in [0, 0.1) is 21.4 Å². The van der Waals surface area contributed by atoms with Gasteiger partial charge in [0.1, 0.15) is 0 Å². The van der Waals surface area contributed by atoms with Crippen molar-refractivity contribution in [1.29, 1.82) is 5.26 Å². The molecule has 104 valence electrons. The summed E-state index contributed by atoms with van der Waals surface area (Å²) in [5.41, 5.74) is 2.64. The molecular weight excluding hydrogens is 268 g/mol. The van der Waals surface area contributed by atoms with Crippen LogP contribution in [-0.2, 0) is 6.42 Å². The van der Waals surface area contributed by atoms with Gasteiger partial charge in [-0.2, -0.15) is 5.26 Å². The lowest BCUT2D eigenvalue weighted by Crippen LogP contribution is -2.23. The van der Waals surface area contributed by atoms with Crippen molar-refractivity contribution in [2.24, 2.45) is 0 Å². The summed E-state index contributed by atoms with van der Waals surface area (Å²) in [4.78, 5) is 10.5. The SMILES string of the molecule is N#Cc1ccc(OCC2Cc3ccccc32)c([N+](=O)[O-])c1. The van der Waals surface area contributed by atoms with E-state index in [9.17, 15) is 10.1 Å². The van der Waals surface area contributed by atoms with Crippen LogP contribution in [0.15, 0.2) is 42.5 Å². The van der Waals surface area contributed by atoms with Crippen molar-refractivity contribution in [2.45, 2.75) is 12.3 Å². The van der Waals surface area contributed by atoms with Gasteiger partial charge in [-0.25, -0.2) is 0 Å². The predicted molar refractivity (Wildman–Crippen MR) is 76.2 cm³/mol. The first-order valence-corrected chi connectivity index (χ1v) is 6.58. The maximum Gasteiger partial charge on any atom is 0.312 e. The molecule has 1 atom stereocenters. The lowest BCUT2D eigenvalue weighted by molar-refractivity contribution is -0.385. The number of nitriles is 1. The smallest absolute Gasteiger partial charge is 0.312 e. The molecule has 0 spiro atoms. The zero-order chi connectivity index (χ0) is 14.8. The van der Waals surface area contributed by atoms with Gasteiger partial charge in [-0.3, -0.25) is 10.1 Å². The largest absolute Gasteiger partial charge is 0.486 e. The predicted octanol–water partition coefficient (Wildman–Crippen LogP) is 3.19. The summed E-state index contributed by atoms with van der Waals surface area (Å²) in [5.74, 6) is 0.486. The van der Waals surface area contributed by atoms with Gasteiger partial charge in [0.25, 0.3) is 0 Å². The standard InChI is InChI=1S/C16H12N2O3/c17-9-11-5-6-16(15(7-11)18(19)20)21-10-13-8-12-3-1-2-4-14(12)13/h1-7,13H,8,10H2. The molecule has 3 rings (SSSR count). The van der Waals surface area contributed by atoms with Gasteiger partial charge in [0.05, 0.1) is 23.2 Å². The molecule has 21 heavy (non-hydrogen) atoms. The number of rotatable bonds is 4. The van der Waals surface area contributed by atoms with Gasteiger partial charge in [0.15, 0.2) is 5.75 Å². The van der Waals surface area contributed by atoms with Gasteiger partial charge in [-0.1, -0.05) is 24.3 Å². The monoisotopic (exact) mass is 280 g/mol. The Morgan fingerprint density at radius 1 is 1.33 bits per heavy atom. The van der Waals surface area contributed by atoms with Gasteiger partial charge >= 0.3 is 5.69 Å². The van der Waals surface area contributed by atoms with E-state index in [0.29, 0.717) is 6.61 Å². The Labute approximate surface area is 121 Å². The molecule has 1 unspecified atom stereocenters. The van der Waals surface area contributed by atoms with E-state index in [1.807, 2.05) is 18.2 Å². The number of nitrogens with zero attached hydrogens (tertiary/aromatic N) is 2. The molecule has 0 bridgehead atoms. The lowest BCUT2D eigenvalue weighted by Gasteiger charge is -2.29. The van der Waals surface area contributed by atoms with Crippen LogP contribution in [0.25, 0.3) is 0 Å². The van der Waals surface area contributed by atoms with E-state index in [4.69, 9.17) is 10.00 Å². The van der Waals surface area contributed by atoms with E-state index in [0.717, 1.165) is 6.42 Å². The number of nitro groups is 1. The van der Waals surface area contributed by atoms with Crippen LogP contribution in [0.2, 0.25) is 0 Å². The fraction of sp³-hybridized carbons (Fsp3) is 0.188. The molecule has 0 aliphatic heterocycles. The number of nitro benzene ring substituents is 1. The van der Waals surface area contributed by atoms with Crippen LogP contribution in [0.4, 0.5) is 5.69 Å². The van der Waals surface area contributed by atoms with Crippen LogP contribution in [0.1, 0.15) is 22.6 Å². The van der Waals surface area contributed by atoms with Gasteiger partial charge < -0.3 is 4.74 Å². The number of hydrogen-bond acceptors (Lipinski definition) is 4. The molecule has 2 aromatic rings. The van der Waals surface area contributed by atoms with Crippen molar-refractivity contribution in [3.05, 3.63) is 69.3 Å². The zero-order valence-corrected chi connectivity index (χ0v) is 11.2. The Hall–Kier alpha value is -2.87. The van der Waals surface area contributed by atoms with Crippen molar-refractivity contribution in [2.75, 3.05) is 6.61 Å². The molecule has 2 aromatic carbocycles. The van der Waals surface area contributed by atoms with E-state index in [1.165, 1.54) is 29.3 Å². The third-order valence-electron chi connectivity index (χ3n) is 3.69. The summed E-state index contributed by atoms with van der Waals surface area (Å²) in [6.07, 6.45) is 0.931. The summed E-state index contributed by atoms with van der Waals surface area (Å²) in [7, 11) is 0. The molecule has 0 saturated carbocycles. The highest BCUT2D eigenvalue weighted by Gasteiger charge is 2.27. The van der Waals surface area contributed by atoms with Gasteiger partial charge in [0.2, 0.25) is 0 Å². The maximum atomic E-state index is 11.0. The summed E-state index contributed by atoms with van der Waals surface area (Å²) < 4.78 is 5.61. The molecule has 0 N–H and O–H groups in total. The first-order chi connectivity index (χ1) is 10.2. The molecule has 0 heterocycles. The second-order valence-corrected chi connectivity index (χ2v) is 4.96. The van der Waals surface area contributed by atoms with Crippen molar-refractivity contribution >= 4 is 5.69 Å². The third kappa shape index (κ3) is 2.43. The Balaban J connectivity index is 1.75. The van der Waals surface area contributed by atoms with E-state index >= 15 is 0 Å². The molecule has 0 saturated heterocycles. The average Bonchev–Trinajstić information content (AvgIpc) is 2.48. The summed E-state index contributed by atoms with van der Waals surface area (Å²) in [5, 5.41) is 19.8. The molecule has 0 aromatic heterocycles. The number of hydrogen-bond donors (Lipinski definition) is 0. The highest BCUT2D eigenvalue weighted by Crippen LogP contribution is 2.36. The lowest BCUT2D eigenvalue weighted by atomic mass is 9.78. The zero-order valence-electron chi connectivity index (χ0n) is 11.2. The van der Waals surface area contributed by atoms with Crippen LogP contribution >= 0.6 is 0 Å². The summed E-state index contributed by atoms with van der Waals surface area (Å²) in [6, 6.07) is 14.3. The molecule has 1 aliphatic rings. The van der Waals surface area contributed by atoms with Crippen molar-refractivity contribution in [3.63, 3.8) is 0 Å². The van der Waals surface area contributed by atoms with E-state index < -0.39 is 4.92 Å². The topological polar surface area (TPSA) is 76.2 Å². The van der Waals surface area contributed by atoms with Gasteiger partial charge in [-0.15, -0.1) is 0 Å². The molecule has 0 fully saturated rings.